The summed E-state index contributed by atoms with van der Waals surface area (Å²) in [6.07, 6.45) is 7.29. The quantitative estimate of drug-likeness (QED) is 0.692. The minimum Gasteiger partial charge on any atom is -0.348 e. The molecule has 1 aromatic heterocycles. The Kier molecular flexibility index (Phi) is 6.82. The first-order chi connectivity index (χ1) is 9.17. The summed E-state index contributed by atoms with van der Waals surface area (Å²) in [5.74, 6) is 1.50. The third-order valence-electron chi connectivity index (χ3n) is 2.55. The maximum Gasteiger partial charge on any atom is 0.148 e. The number of hydrogen-bond donors (Lipinski definition) is 1. The van der Waals surface area contributed by atoms with E-state index in [1.54, 1.807) is 12.4 Å². The first-order valence-electron chi connectivity index (χ1n) is 6.65. The van der Waals surface area contributed by atoms with E-state index in [9.17, 15) is 0 Å². The van der Waals surface area contributed by atoms with Crippen LogP contribution in [0.1, 0.15) is 19.5 Å². The number of anilines is 1. The second-order valence-electron chi connectivity index (χ2n) is 4.88. The van der Waals surface area contributed by atoms with Crippen LogP contribution in [0.15, 0.2) is 37.7 Å². The average Bonchev–Trinajstić information content (AvgIpc) is 2.38. The molecule has 1 aromatic rings. The number of aromatic nitrogens is 2. The summed E-state index contributed by atoms with van der Waals surface area (Å²) < 4.78 is 0. The molecular weight excluding hydrogens is 236 g/mol. The first-order valence-corrected chi connectivity index (χ1v) is 6.65. The largest absolute Gasteiger partial charge is 0.348 e. The molecule has 0 unspecified atom stereocenters. The summed E-state index contributed by atoms with van der Waals surface area (Å²) in [6, 6.07) is 0. The van der Waals surface area contributed by atoms with E-state index in [-0.39, 0.29) is 0 Å². The van der Waals surface area contributed by atoms with Gasteiger partial charge in [0.05, 0.1) is 11.9 Å². The standard InChI is InChI=1S/C15H24N4/c1-5-7-19(8-6-2)15-12-17-11-14(18-15)10-16-9-13(3)4/h5-6,11-13,16H,1-2,7-10H2,3-4H3. The SMILES string of the molecule is C=CCN(CC=C)c1cncc(CNCC(C)C)n1. The Morgan fingerprint density at radius 1 is 1.26 bits per heavy atom. The van der Waals surface area contributed by atoms with Gasteiger partial charge in [-0.25, -0.2) is 4.98 Å². The van der Waals surface area contributed by atoms with Crippen LogP contribution in [0.3, 0.4) is 0 Å². The minimum atomic E-state index is 0.633. The van der Waals surface area contributed by atoms with Crippen molar-refractivity contribution in [1.29, 1.82) is 0 Å². The fraction of sp³-hybridized carbons (Fsp3) is 0.467. The third kappa shape index (κ3) is 5.66. The predicted octanol–water partition coefficient (Wildman–Crippen LogP) is 2.40. The van der Waals surface area contributed by atoms with Crippen molar-refractivity contribution >= 4 is 5.82 Å². The van der Waals surface area contributed by atoms with Crippen molar-refractivity contribution < 1.29 is 0 Å². The maximum absolute atomic E-state index is 4.61. The summed E-state index contributed by atoms with van der Waals surface area (Å²) in [4.78, 5) is 10.9. The van der Waals surface area contributed by atoms with Gasteiger partial charge in [-0.05, 0) is 12.5 Å². The van der Waals surface area contributed by atoms with E-state index in [2.05, 4.69) is 47.2 Å². The smallest absolute Gasteiger partial charge is 0.148 e. The zero-order valence-electron chi connectivity index (χ0n) is 12.0. The van der Waals surface area contributed by atoms with Crippen molar-refractivity contribution in [3.05, 3.63) is 43.4 Å². The molecule has 0 aliphatic carbocycles. The lowest BCUT2D eigenvalue weighted by molar-refractivity contribution is 0.547. The normalized spacial score (nSPS) is 10.5. The molecule has 0 radical (unpaired) electrons. The molecule has 0 saturated heterocycles. The Morgan fingerprint density at radius 2 is 1.95 bits per heavy atom. The first kappa shape index (κ1) is 15.4. The topological polar surface area (TPSA) is 41.1 Å². The summed E-state index contributed by atoms with van der Waals surface area (Å²) in [5, 5.41) is 3.37. The molecule has 19 heavy (non-hydrogen) atoms. The maximum atomic E-state index is 4.61. The van der Waals surface area contributed by atoms with Crippen molar-refractivity contribution in [2.24, 2.45) is 5.92 Å². The number of rotatable bonds is 9. The van der Waals surface area contributed by atoms with Crippen LogP contribution in [0.25, 0.3) is 0 Å². The second-order valence-corrected chi connectivity index (χ2v) is 4.88. The summed E-state index contributed by atoms with van der Waals surface area (Å²) in [5.41, 5.74) is 0.955. The van der Waals surface area contributed by atoms with Crippen LogP contribution < -0.4 is 10.2 Å². The van der Waals surface area contributed by atoms with Gasteiger partial charge in [0.25, 0.3) is 0 Å². The Bertz CT molecular complexity index is 391. The van der Waals surface area contributed by atoms with Crippen LogP contribution in [0, 0.1) is 5.92 Å². The molecule has 0 fully saturated rings. The van der Waals surface area contributed by atoms with Crippen molar-refractivity contribution in [2.75, 3.05) is 24.5 Å². The molecule has 0 aliphatic heterocycles. The molecule has 1 rings (SSSR count). The molecule has 0 spiro atoms. The zero-order chi connectivity index (χ0) is 14.1. The summed E-state index contributed by atoms with van der Waals surface area (Å²) in [7, 11) is 0. The van der Waals surface area contributed by atoms with Crippen molar-refractivity contribution in [2.45, 2.75) is 20.4 Å². The zero-order valence-corrected chi connectivity index (χ0v) is 12.0. The highest BCUT2D eigenvalue weighted by Crippen LogP contribution is 2.09. The highest BCUT2D eigenvalue weighted by atomic mass is 15.2. The van der Waals surface area contributed by atoms with Gasteiger partial charge in [0, 0.05) is 25.8 Å². The molecule has 1 N–H and O–H groups in total. The molecule has 104 valence electrons. The van der Waals surface area contributed by atoms with Crippen LogP contribution in [0.4, 0.5) is 5.82 Å². The molecule has 0 bridgehead atoms. The van der Waals surface area contributed by atoms with E-state index in [0.29, 0.717) is 5.92 Å². The molecule has 0 aliphatic rings. The van der Waals surface area contributed by atoms with Crippen LogP contribution >= 0.6 is 0 Å². The number of nitrogens with zero attached hydrogens (tertiary/aromatic N) is 3. The van der Waals surface area contributed by atoms with Crippen LogP contribution in [-0.4, -0.2) is 29.6 Å². The van der Waals surface area contributed by atoms with Crippen LogP contribution in [0.5, 0.6) is 0 Å². The fourth-order valence-corrected chi connectivity index (χ4v) is 1.69. The second kappa shape index (κ2) is 8.43. The Morgan fingerprint density at radius 3 is 2.53 bits per heavy atom. The van der Waals surface area contributed by atoms with Gasteiger partial charge in [0.2, 0.25) is 0 Å². The highest BCUT2D eigenvalue weighted by molar-refractivity contribution is 5.38. The van der Waals surface area contributed by atoms with E-state index in [4.69, 9.17) is 0 Å². The molecule has 0 amide bonds. The third-order valence-corrected chi connectivity index (χ3v) is 2.55. The van der Waals surface area contributed by atoms with Crippen molar-refractivity contribution in [1.82, 2.24) is 15.3 Å². The summed E-state index contributed by atoms with van der Waals surface area (Å²) >= 11 is 0. The van der Waals surface area contributed by atoms with Gasteiger partial charge >= 0.3 is 0 Å². The van der Waals surface area contributed by atoms with Gasteiger partial charge < -0.3 is 10.2 Å². The lowest BCUT2D eigenvalue weighted by Crippen LogP contribution is -2.25. The Labute approximate surface area is 116 Å². The lowest BCUT2D eigenvalue weighted by atomic mass is 10.2. The molecular formula is C15H24N4. The van der Waals surface area contributed by atoms with Crippen molar-refractivity contribution in [3.63, 3.8) is 0 Å². The van der Waals surface area contributed by atoms with Crippen LogP contribution in [-0.2, 0) is 6.54 Å². The van der Waals surface area contributed by atoms with E-state index < -0.39 is 0 Å². The molecule has 0 saturated carbocycles. The van der Waals surface area contributed by atoms with Crippen LogP contribution in [0.2, 0.25) is 0 Å². The minimum absolute atomic E-state index is 0.633. The molecule has 4 heteroatoms. The predicted molar refractivity (Wildman–Crippen MR) is 81.2 cm³/mol. The van der Waals surface area contributed by atoms with Crippen molar-refractivity contribution in [3.8, 4) is 0 Å². The highest BCUT2D eigenvalue weighted by Gasteiger charge is 2.06. The number of nitrogens with one attached hydrogen (secondary N) is 1. The average molecular weight is 260 g/mol. The van der Waals surface area contributed by atoms with E-state index >= 15 is 0 Å². The monoisotopic (exact) mass is 260 g/mol. The van der Waals surface area contributed by atoms with E-state index in [1.807, 2.05) is 12.2 Å². The van der Waals surface area contributed by atoms with E-state index in [1.165, 1.54) is 0 Å². The summed E-state index contributed by atoms with van der Waals surface area (Å²) in [6.45, 7) is 15.1. The molecule has 1 heterocycles. The van der Waals surface area contributed by atoms with Gasteiger partial charge in [-0.2, -0.15) is 0 Å². The van der Waals surface area contributed by atoms with Gasteiger partial charge in [0.1, 0.15) is 5.82 Å². The van der Waals surface area contributed by atoms with Gasteiger partial charge in [-0.1, -0.05) is 26.0 Å². The number of hydrogen-bond acceptors (Lipinski definition) is 4. The molecule has 4 nitrogen and oxygen atoms in total. The van der Waals surface area contributed by atoms with E-state index in [0.717, 1.165) is 37.7 Å². The lowest BCUT2D eigenvalue weighted by Gasteiger charge is -2.20. The molecule has 0 atom stereocenters. The van der Waals surface area contributed by atoms with Gasteiger partial charge in [-0.3, -0.25) is 4.98 Å². The van der Waals surface area contributed by atoms with Gasteiger partial charge in [0.15, 0.2) is 0 Å². The fourth-order valence-electron chi connectivity index (χ4n) is 1.69. The molecule has 0 aromatic carbocycles. The van der Waals surface area contributed by atoms with Gasteiger partial charge in [-0.15, -0.1) is 13.2 Å². The Balaban J connectivity index is 2.68. The Hall–Kier alpha value is -1.68.